The highest BCUT2D eigenvalue weighted by molar-refractivity contribution is 6.01. The summed E-state index contributed by atoms with van der Waals surface area (Å²) in [5.41, 5.74) is 3.72. The zero-order valence-electron chi connectivity index (χ0n) is 12.4. The Hall–Kier alpha value is -2.01. The van der Waals surface area contributed by atoms with Gasteiger partial charge in [-0.05, 0) is 23.1 Å². The second kappa shape index (κ2) is 6.63. The molecule has 0 saturated carbocycles. The number of aryl methyl sites for hydroxylation is 1. The van der Waals surface area contributed by atoms with Gasteiger partial charge in [0.1, 0.15) is 6.54 Å². The van der Waals surface area contributed by atoms with Gasteiger partial charge in [0, 0.05) is 19.6 Å². The molecule has 0 aliphatic carbocycles. The molecule has 1 saturated heterocycles. The quantitative estimate of drug-likeness (QED) is 0.686. The van der Waals surface area contributed by atoms with E-state index < -0.39 is 0 Å². The Kier molecular flexibility index (Phi) is 4.85. The number of amides is 1. The van der Waals surface area contributed by atoms with Crippen LogP contribution in [-0.2, 0) is 13.0 Å². The molecule has 1 N–H and O–H groups in total. The second-order valence-electron chi connectivity index (χ2n) is 5.08. The van der Waals surface area contributed by atoms with Gasteiger partial charge in [0.2, 0.25) is 0 Å². The van der Waals surface area contributed by atoms with E-state index in [1.165, 1.54) is 0 Å². The molecule has 2 aliphatic rings. The molecule has 1 atom stereocenters. The highest BCUT2D eigenvalue weighted by Crippen LogP contribution is 2.37. The minimum Gasteiger partial charge on any atom is -0.329 e. The largest absolute Gasteiger partial charge is 0.329 e. The summed E-state index contributed by atoms with van der Waals surface area (Å²) in [5, 5.41) is 6.30. The lowest BCUT2D eigenvalue weighted by Crippen LogP contribution is -2.44. The maximum absolute atomic E-state index is 12.5. The van der Waals surface area contributed by atoms with Crippen molar-refractivity contribution < 1.29 is 4.79 Å². The van der Waals surface area contributed by atoms with Crippen molar-refractivity contribution in [2.75, 3.05) is 19.6 Å². The van der Waals surface area contributed by atoms with E-state index in [9.17, 15) is 9.70 Å². The molecule has 0 bridgehead atoms. The third-order valence-electron chi connectivity index (χ3n) is 4.03. The topological polar surface area (TPSA) is 61.8 Å². The molecular formula is C16H21N3O2. The maximum atomic E-state index is 12.5. The highest BCUT2D eigenvalue weighted by atomic mass is 16.3. The molecule has 3 rings (SSSR count). The van der Waals surface area contributed by atoms with Crippen molar-refractivity contribution in [3.05, 3.63) is 52.5 Å². The Labute approximate surface area is 125 Å². The SMILES string of the molecule is C=C.CCc1cc(CN=O)c2c(c1)C1CNCCN1C2=O. The summed E-state index contributed by atoms with van der Waals surface area (Å²) < 4.78 is 0. The van der Waals surface area contributed by atoms with Crippen molar-refractivity contribution in [1.29, 1.82) is 0 Å². The van der Waals surface area contributed by atoms with Gasteiger partial charge in [0.25, 0.3) is 5.91 Å². The van der Waals surface area contributed by atoms with Crippen LogP contribution in [0.5, 0.6) is 0 Å². The fourth-order valence-electron chi connectivity index (χ4n) is 3.09. The van der Waals surface area contributed by atoms with Gasteiger partial charge >= 0.3 is 0 Å². The van der Waals surface area contributed by atoms with E-state index in [0.29, 0.717) is 5.56 Å². The van der Waals surface area contributed by atoms with Gasteiger partial charge < -0.3 is 10.2 Å². The van der Waals surface area contributed by atoms with Crippen LogP contribution >= 0.6 is 0 Å². The van der Waals surface area contributed by atoms with Crippen LogP contribution < -0.4 is 5.32 Å². The number of hydrogen-bond acceptors (Lipinski definition) is 4. The first kappa shape index (κ1) is 15.4. The van der Waals surface area contributed by atoms with E-state index >= 15 is 0 Å². The first-order valence-corrected chi connectivity index (χ1v) is 7.22. The highest BCUT2D eigenvalue weighted by Gasteiger charge is 2.39. The molecule has 0 spiro atoms. The minimum atomic E-state index is 0.0582. The number of fused-ring (bicyclic) bond motifs is 3. The van der Waals surface area contributed by atoms with Crippen LogP contribution in [0.25, 0.3) is 0 Å². The molecule has 1 aromatic carbocycles. The Balaban J connectivity index is 0.000000774. The zero-order chi connectivity index (χ0) is 15.4. The van der Waals surface area contributed by atoms with E-state index in [4.69, 9.17) is 0 Å². The maximum Gasteiger partial charge on any atom is 0.255 e. The summed E-state index contributed by atoms with van der Waals surface area (Å²) in [4.78, 5) is 25.0. The first-order valence-electron chi connectivity index (χ1n) is 7.22. The third kappa shape index (κ3) is 2.61. The third-order valence-corrected chi connectivity index (χ3v) is 4.03. The average molecular weight is 287 g/mol. The summed E-state index contributed by atoms with van der Waals surface area (Å²) in [7, 11) is 0. The van der Waals surface area contributed by atoms with Crippen LogP contribution in [0.4, 0.5) is 0 Å². The Bertz CT molecular complexity index is 557. The standard InChI is InChI=1S/C14H17N3O2.C2H4/c1-2-9-5-10(7-16-19)13-11(6-9)12-8-15-3-4-17(12)14(13)18;1-2/h5-6,12,15H,2-4,7-8H2,1H3;1-2H2. The Morgan fingerprint density at radius 2 is 2.19 bits per heavy atom. The van der Waals surface area contributed by atoms with E-state index in [1.54, 1.807) is 0 Å². The molecule has 1 amide bonds. The average Bonchev–Trinajstić information content (AvgIpc) is 2.83. The van der Waals surface area contributed by atoms with Crippen molar-refractivity contribution in [2.45, 2.75) is 25.9 Å². The molecule has 1 unspecified atom stereocenters. The van der Waals surface area contributed by atoms with Crippen molar-refractivity contribution in [1.82, 2.24) is 10.2 Å². The number of nitrogens with one attached hydrogen (secondary N) is 1. The number of piperazine rings is 1. The molecule has 5 nitrogen and oxygen atoms in total. The van der Waals surface area contributed by atoms with Crippen LogP contribution in [0.3, 0.4) is 0 Å². The molecule has 1 fully saturated rings. The Morgan fingerprint density at radius 1 is 1.43 bits per heavy atom. The monoisotopic (exact) mass is 287 g/mol. The van der Waals surface area contributed by atoms with Crippen LogP contribution in [0.1, 0.15) is 40.0 Å². The number of hydrogen-bond donors (Lipinski definition) is 1. The lowest BCUT2D eigenvalue weighted by Gasteiger charge is -2.30. The molecule has 112 valence electrons. The van der Waals surface area contributed by atoms with Crippen molar-refractivity contribution in [2.24, 2.45) is 5.18 Å². The lowest BCUT2D eigenvalue weighted by molar-refractivity contribution is 0.0690. The summed E-state index contributed by atoms with van der Waals surface area (Å²) in [5.74, 6) is 0.0582. The predicted octanol–water partition coefficient (Wildman–Crippen LogP) is 2.42. The zero-order valence-corrected chi connectivity index (χ0v) is 12.4. The smallest absolute Gasteiger partial charge is 0.255 e. The molecule has 21 heavy (non-hydrogen) atoms. The fourth-order valence-corrected chi connectivity index (χ4v) is 3.09. The normalized spacial score (nSPS) is 19.4. The Morgan fingerprint density at radius 3 is 2.86 bits per heavy atom. The van der Waals surface area contributed by atoms with Gasteiger partial charge in [-0.25, -0.2) is 0 Å². The molecule has 5 heteroatoms. The first-order chi connectivity index (χ1) is 10.3. The number of benzene rings is 1. The number of nitrogens with zero attached hydrogens (tertiary/aromatic N) is 2. The van der Waals surface area contributed by atoms with Gasteiger partial charge in [0.15, 0.2) is 0 Å². The van der Waals surface area contributed by atoms with Crippen molar-refractivity contribution in [3.8, 4) is 0 Å². The van der Waals surface area contributed by atoms with Gasteiger partial charge in [-0.1, -0.05) is 24.2 Å². The van der Waals surface area contributed by atoms with Crippen LogP contribution in [0.15, 0.2) is 30.5 Å². The van der Waals surface area contributed by atoms with Gasteiger partial charge in [-0.15, -0.1) is 13.2 Å². The van der Waals surface area contributed by atoms with Crippen LogP contribution in [0.2, 0.25) is 0 Å². The molecule has 0 aromatic heterocycles. The van der Waals surface area contributed by atoms with Crippen LogP contribution in [0, 0.1) is 4.91 Å². The molecule has 0 radical (unpaired) electrons. The van der Waals surface area contributed by atoms with Crippen molar-refractivity contribution in [3.63, 3.8) is 0 Å². The van der Waals surface area contributed by atoms with Crippen LogP contribution in [-0.4, -0.2) is 30.4 Å². The molecule has 2 heterocycles. The fraction of sp³-hybridized carbons (Fsp3) is 0.438. The second-order valence-corrected chi connectivity index (χ2v) is 5.08. The van der Waals surface area contributed by atoms with E-state index in [-0.39, 0.29) is 18.5 Å². The minimum absolute atomic E-state index is 0.0582. The molecule has 2 aliphatic heterocycles. The van der Waals surface area contributed by atoms with Gasteiger partial charge in [-0.3, -0.25) is 4.79 Å². The summed E-state index contributed by atoms with van der Waals surface area (Å²) in [6.45, 7) is 10.5. The van der Waals surface area contributed by atoms with E-state index in [2.05, 4.69) is 36.6 Å². The molecule has 1 aromatic rings. The summed E-state index contributed by atoms with van der Waals surface area (Å²) >= 11 is 0. The van der Waals surface area contributed by atoms with Crippen molar-refractivity contribution >= 4 is 5.91 Å². The van der Waals surface area contributed by atoms with E-state index in [0.717, 1.165) is 42.7 Å². The van der Waals surface area contributed by atoms with Gasteiger partial charge in [-0.2, -0.15) is 4.91 Å². The van der Waals surface area contributed by atoms with Gasteiger partial charge in [0.05, 0.1) is 11.6 Å². The van der Waals surface area contributed by atoms with E-state index in [1.807, 2.05) is 11.0 Å². The molecular weight excluding hydrogens is 266 g/mol. The number of rotatable bonds is 3. The predicted molar refractivity (Wildman–Crippen MR) is 83.2 cm³/mol. The number of nitroso groups, excluding NO2 is 1. The lowest BCUT2D eigenvalue weighted by atomic mass is 9.95. The number of carbonyl (C=O) groups excluding carboxylic acids is 1. The summed E-state index contributed by atoms with van der Waals surface area (Å²) in [6, 6.07) is 4.18. The number of carbonyl (C=O) groups is 1. The summed E-state index contributed by atoms with van der Waals surface area (Å²) in [6.07, 6.45) is 0.896.